The van der Waals surface area contributed by atoms with Crippen LogP contribution in [0.4, 0.5) is 11.5 Å². The minimum Gasteiger partial charge on any atom is -0.323 e. The number of carbonyl (C=O) groups excluding carboxylic acids is 3. The molecule has 5 rings (SSSR count). The Morgan fingerprint density at radius 1 is 1.05 bits per heavy atom. The van der Waals surface area contributed by atoms with Gasteiger partial charge in [0.2, 0.25) is 5.91 Å². The first-order valence-electron chi connectivity index (χ1n) is 12.6. The van der Waals surface area contributed by atoms with Gasteiger partial charge in [-0.05, 0) is 73.5 Å². The van der Waals surface area contributed by atoms with Crippen LogP contribution >= 0.6 is 23.2 Å². The van der Waals surface area contributed by atoms with Crippen molar-refractivity contribution in [2.75, 3.05) is 10.6 Å². The highest BCUT2D eigenvalue weighted by Gasteiger charge is 2.39. The summed E-state index contributed by atoms with van der Waals surface area (Å²) in [5.41, 5.74) is 3.20. The van der Waals surface area contributed by atoms with Gasteiger partial charge in [-0.1, -0.05) is 41.4 Å². The minimum absolute atomic E-state index is 0.197. The molecule has 202 valence electrons. The van der Waals surface area contributed by atoms with Gasteiger partial charge in [0.05, 0.1) is 27.9 Å². The van der Waals surface area contributed by atoms with Gasteiger partial charge in [0, 0.05) is 29.5 Å². The molecule has 2 aromatic heterocycles. The van der Waals surface area contributed by atoms with Crippen molar-refractivity contribution in [1.82, 2.24) is 14.9 Å². The number of anilines is 2. The van der Waals surface area contributed by atoms with Crippen LogP contribution in [0.15, 0.2) is 79.1 Å². The second-order valence-corrected chi connectivity index (χ2v) is 10.4. The maximum Gasteiger partial charge on any atom is 0.258 e. The summed E-state index contributed by atoms with van der Waals surface area (Å²) in [6, 6.07) is 17.3. The zero-order valence-electron chi connectivity index (χ0n) is 21.7. The van der Waals surface area contributed by atoms with Crippen molar-refractivity contribution < 1.29 is 14.4 Å². The summed E-state index contributed by atoms with van der Waals surface area (Å²) < 4.78 is 0. The Hall–Kier alpha value is -4.27. The third-order valence-electron chi connectivity index (χ3n) is 6.76. The first kappa shape index (κ1) is 27.3. The minimum atomic E-state index is -0.877. The highest BCUT2D eigenvalue weighted by molar-refractivity contribution is 6.34. The highest BCUT2D eigenvalue weighted by Crippen LogP contribution is 2.34. The molecule has 10 heteroatoms. The Morgan fingerprint density at radius 2 is 1.88 bits per heavy atom. The van der Waals surface area contributed by atoms with Crippen molar-refractivity contribution in [3.05, 3.63) is 117 Å². The second-order valence-electron chi connectivity index (χ2n) is 9.52. The second kappa shape index (κ2) is 11.5. The first-order valence-corrected chi connectivity index (χ1v) is 13.3. The number of carbonyl (C=O) groups is 3. The third kappa shape index (κ3) is 5.68. The standard InChI is InChI=1S/C30H25Cl2N5O3/c1-17-6-11-27(34-16-17)36-28(38)22-9-7-19(13-24(22)32)18(2)37-26(15-21-5-3-4-12-33-21)29(39)35-25-14-20(31)8-10-23(25)30(37)40/h3-14,16,18,26H,15H2,1-2H3,(H,35,39)(H,34,36,38)/t18?,26-/m1/s1. The van der Waals surface area contributed by atoms with E-state index in [1.807, 2.05) is 32.0 Å². The number of aromatic nitrogens is 2. The summed E-state index contributed by atoms with van der Waals surface area (Å²) in [6.45, 7) is 3.72. The fourth-order valence-corrected chi connectivity index (χ4v) is 5.09. The molecule has 0 bridgehead atoms. The topological polar surface area (TPSA) is 104 Å². The number of hydrogen-bond acceptors (Lipinski definition) is 5. The molecule has 3 heterocycles. The van der Waals surface area contributed by atoms with Crippen LogP contribution in [0.25, 0.3) is 0 Å². The number of fused-ring (bicyclic) bond motifs is 1. The van der Waals surface area contributed by atoms with Gasteiger partial charge in [-0.25, -0.2) is 4.98 Å². The Labute approximate surface area is 241 Å². The molecule has 0 fully saturated rings. The number of hydrogen-bond donors (Lipinski definition) is 2. The Bertz CT molecular complexity index is 1600. The summed E-state index contributed by atoms with van der Waals surface area (Å²) in [7, 11) is 0. The fourth-order valence-electron chi connectivity index (χ4n) is 4.64. The van der Waals surface area contributed by atoms with E-state index < -0.39 is 18.0 Å². The van der Waals surface area contributed by atoms with Crippen LogP contribution in [0.5, 0.6) is 0 Å². The molecule has 1 aliphatic rings. The summed E-state index contributed by atoms with van der Waals surface area (Å²) in [6.07, 6.45) is 3.50. The summed E-state index contributed by atoms with van der Waals surface area (Å²) >= 11 is 12.7. The van der Waals surface area contributed by atoms with E-state index in [-0.39, 0.29) is 28.8 Å². The zero-order chi connectivity index (χ0) is 28.4. The van der Waals surface area contributed by atoms with Gasteiger partial charge < -0.3 is 15.5 Å². The molecule has 8 nitrogen and oxygen atoms in total. The van der Waals surface area contributed by atoms with Crippen molar-refractivity contribution >= 4 is 52.4 Å². The molecule has 1 aliphatic heterocycles. The van der Waals surface area contributed by atoms with Crippen LogP contribution in [0.1, 0.15) is 50.5 Å². The molecule has 3 amide bonds. The molecular weight excluding hydrogens is 549 g/mol. The molecule has 2 atom stereocenters. The zero-order valence-corrected chi connectivity index (χ0v) is 23.2. The van der Waals surface area contributed by atoms with E-state index in [0.717, 1.165) is 5.56 Å². The predicted molar refractivity (Wildman–Crippen MR) is 155 cm³/mol. The van der Waals surface area contributed by atoms with Gasteiger partial charge in [0.15, 0.2) is 0 Å². The number of halogens is 2. The number of nitrogens with zero attached hydrogens (tertiary/aromatic N) is 3. The van der Waals surface area contributed by atoms with E-state index >= 15 is 0 Å². The first-order chi connectivity index (χ1) is 19.2. The van der Waals surface area contributed by atoms with E-state index in [4.69, 9.17) is 23.2 Å². The quantitative estimate of drug-likeness (QED) is 0.289. The van der Waals surface area contributed by atoms with Crippen LogP contribution in [0.3, 0.4) is 0 Å². The normalized spacial score (nSPS) is 15.6. The molecule has 0 saturated heterocycles. The number of nitrogens with one attached hydrogen (secondary N) is 2. The van der Waals surface area contributed by atoms with Crippen LogP contribution < -0.4 is 10.6 Å². The summed E-state index contributed by atoms with van der Waals surface area (Å²) in [4.78, 5) is 50.5. The van der Waals surface area contributed by atoms with Gasteiger partial charge in [0.1, 0.15) is 11.9 Å². The Kier molecular flexibility index (Phi) is 7.82. The Balaban J connectivity index is 1.48. The molecule has 4 aromatic rings. The SMILES string of the molecule is Cc1ccc(NC(=O)c2ccc(C(C)N3C(=O)c4ccc(Cl)cc4NC(=O)[C@H]3Cc3ccccn3)cc2Cl)nc1. The van der Waals surface area contributed by atoms with E-state index in [1.165, 1.54) is 4.90 Å². The summed E-state index contributed by atoms with van der Waals surface area (Å²) in [5.74, 6) is -0.715. The highest BCUT2D eigenvalue weighted by atomic mass is 35.5. The van der Waals surface area contributed by atoms with Gasteiger partial charge in [0.25, 0.3) is 11.8 Å². The van der Waals surface area contributed by atoms with Crippen LogP contribution in [-0.4, -0.2) is 38.6 Å². The molecular formula is C30H25Cl2N5O3. The number of amides is 3. The van der Waals surface area contributed by atoms with Crippen molar-refractivity contribution in [3.8, 4) is 0 Å². The van der Waals surface area contributed by atoms with Gasteiger partial charge >= 0.3 is 0 Å². The van der Waals surface area contributed by atoms with Gasteiger partial charge in [-0.2, -0.15) is 0 Å². The van der Waals surface area contributed by atoms with Gasteiger partial charge in [-0.15, -0.1) is 0 Å². The average molecular weight is 574 g/mol. The lowest BCUT2D eigenvalue weighted by Crippen LogP contribution is -2.47. The lowest BCUT2D eigenvalue weighted by Gasteiger charge is -2.34. The van der Waals surface area contributed by atoms with Crippen molar-refractivity contribution in [2.24, 2.45) is 0 Å². The molecule has 2 aromatic carbocycles. The Morgan fingerprint density at radius 3 is 2.58 bits per heavy atom. The number of rotatable bonds is 6. The maximum atomic E-state index is 14.0. The molecule has 0 aliphatic carbocycles. The molecule has 1 unspecified atom stereocenters. The molecule has 0 spiro atoms. The number of aryl methyl sites for hydroxylation is 1. The fraction of sp³-hybridized carbons (Fsp3) is 0.167. The van der Waals surface area contributed by atoms with Crippen molar-refractivity contribution in [1.29, 1.82) is 0 Å². The number of pyridine rings is 2. The van der Waals surface area contributed by atoms with E-state index in [0.29, 0.717) is 33.3 Å². The molecule has 40 heavy (non-hydrogen) atoms. The summed E-state index contributed by atoms with van der Waals surface area (Å²) in [5, 5.41) is 6.21. The smallest absolute Gasteiger partial charge is 0.258 e. The molecule has 2 N–H and O–H groups in total. The maximum absolute atomic E-state index is 14.0. The lowest BCUT2D eigenvalue weighted by molar-refractivity contribution is -0.121. The average Bonchev–Trinajstić information content (AvgIpc) is 3.03. The third-order valence-corrected chi connectivity index (χ3v) is 7.31. The number of benzene rings is 2. The largest absolute Gasteiger partial charge is 0.323 e. The van der Waals surface area contributed by atoms with E-state index in [1.54, 1.807) is 60.9 Å². The van der Waals surface area contributed by atoms with Crippen LogP contribution in [-0.2, 0) is 11.2 Å². The predicted octanol–water partition coefficient (Wildman–Crippen LogP) is 6.11. The van der Waals surface area contributed by atoms with Crippen LogP contribution in [0.2, 0.25) is 10.0 Å². The molecule has 0 saturated carbocycles. The monoisotopic (exact) mass is 573 g/mol. The van der Waals surface area contributed by atoms with Crippen LogP contribution in [0, 0.1) is 6.92 Å². The lowest BCUT2D eigenvalue weighted by atomic mass is 9.99. The van der Waals surface area contributed by atoms with Gasteiger partial charge in [-0.3, -0.25) is 19.4 Å². The van der Waals surface area contributed by atoms with E-state index in [2.05, 4.69) is 20.6 Å². The van der Waals surface area contributed by atoms with Crippen molar-refractivity contribution in [3.63, 3.8) is 0 Å². The van der Waals surface area contributed by atoms with E-state index in [9.17, 15) is 14.4 Å². The van der Waals surface area contributed by atoms with Crippen molar-refractivity contribution in [2.45, 2.75) is 32.4 Å². The molecule has 0 radical (unpaired) electrons.